The summed E-state index contributed by atoms with van der Waals surface area (Å²) in [4.78, 5) is 2.44. The molecule has 1 aliphatic rings. The van der Waals surface area contributed by atoms with Gasteiger partial charge >= 0.3 is 0 Å². The molecular formula is C17H19FN2. The average Bonchev–Trinajstić information content (AvgIpc) is 2.87. The second-order valence-electron chi connectivity index (χ2n) is 5.36. The number of benzene rings is 2. The van der Waals surface area contributed by atoms with Crippen molar-refractivity contribution in [2.75, 3.05) is 18.4 Å². The Bertz CT molecular complexity index is 556. The summed E-state index contributed by atoms with van der Waals surface area (Å²) in [6.07, 6.45) is 1.10. The van der Waals surface area contributed by atoms with E-state index in [1.54, 1.807) is 12.1 Å². The molecule has 0 aromatic heterocycles. The predicted molar refractivity (Wildman–Crippen MR) is 80.1 cm³/mol. The van der Waals surface area contributed by atoms with Crippen molar-refractivity contribution in [1.29, 1.82) is 0 Å². The summed E-state index contributed by atoms with van der Waals surface area (Å²) in [6.45, 7) is 3.08. The van der Waals surface area contributed by atoms with E-state index in [9.17, 15) is 4.39 Å². The first-order chi connectivity index (χ1) is 9.79. The Morgan fingerprint density at radius 3 is 2.75 bits per heavy atom. The highest BCUT2D eigenvalue weighted by molar-refractivity contribution is 5.44. The third kappa shape index (κ3) is 3.36. The summed E-state index contributed by atoms with van der Waals surface area (Å²) in [6, 6.07) is 17.6. The van der Waals surface area contributed by atoms with Gasteiger partial charge in [0.2, 0.25) is 0 Å². The normalized spacial score (nSPS) is 19.1. The van der Waals surface area contributed by atoms with Crippen LogP contribution in [-0.4, -0.2) is 24.0 Å². The molecule has 20 heavy (non-hydrogen) atoms. The highest BCUT2D eigenvalue weighted by Gasteiger charge is 2.22. The minimum atomic E-state index is -0.186. The molecule has 0 amide bonds. The molecule has 2 aromatic rings. The van der Waals surface area contributed by atoms with E-state index in [1.807, 2.05) is 12.1 Å². The fourth-order valence-electron chi connectivity index (χ4n) is 2.75. The number of nitrogens with zero attached hydrogens (tertiary/aromatic N) is 1. The Kier molecular flexibility index (Phi) is 3.97. The zero-order valence-corrected chi connectivity index (χ0v) is 11.4. The highest BCUT2D eigenvalue weighted by Crippen LogP contribution is 2.18. The number of nitrogens with one attached hydrogen (secondary N) is 1. The van der Waals surface area contributed by atoms with Crippen molar-refractivity contribution in [3.8, 4) is 0 Å². The summed E-state index contributed by atoms with van der Waals surface area (Å²) in [7, 11) is 0. The van der Waals surface area contributed by atoms with Crippen LogP contribution in [0, 0.1) is 5.82 Å². The van der Waals surface area contributed by atoms with Gasteiger partial charge in [0.05, 0.1) is 0 Å². The number of halogens is 1. The summed E-state index contributed by atoms with van der Waals surface area (Å²) >= 11 is 0. The SMILES string of the molecule is Fc1cccc(N[C@H]2CCN(Cc3ccccc3)C2)c1. The van der Waals surface area contributed by atoms with Gasteiger partial charge in [-0.2, -0.15) is 0 Å². The van der Waals surface area contributed by atoms with Crippen LogP contribution < -0.4 is 5.32 Å². The minimum absolute atomic E-state index is 0.186. The van der Waals surface area contributed by atoms with Crippen LogP contribution in [-0.2, 0) is 6.54 Å². The molecule has 0 unspecified atom stereocenters. The summed E-state index contributed by atoms with van der Waals surface area (Å²) in [5.41, 5.74) is 2.22. The Labute approximate surface area is 119 Å². The predicted octanol–water partition coefficient (Wildman–Crippen LogP) is 3.51. The fraction of sp³-hybridized carbons (Fsp3) is 0.294. The minimum Gasteiger partial charge on any atom is -0.381 e. The van der Waals surface area contributed by atoms with Crippen LogP contribution in [0.2, 0.25) is 0 Å². The van der Waals surface area contributed by atoms with Gasteiger partial charge in [-0.15, -0.1) is 0 Å². The van der Waals surface area contributed by atoms with E-state index in [2.05, 4.69) is 34.5 Å². The number of likely N-dealkylation sites (tertiary alicyclic amines) is 1. The van der Waals surface area contributed by atoms with Gasteiger partial charge in [-0.25, -0.2) is 4.39 Å². The molecule has 2 aromatic carbocycles. The van der Waals surface area contributed by atoms with E-state index in [-0.39, 0.29) is 5.82 Å². The van der Waals surface area contributed by atoms with Crippen LogP contribution in [0.1, 0.15) is 12.0 Å². The highest BCUT2D eigenvalue weighted by atomic mass is 19.1. The van der Waals surface area contributed by atoms with Gasteiger partial charge in [-0.1, -0.05) is 36.4 Å². The lowest BCUT2D eigenvalue weighted by Gasteiger charge is -2.17. The van der Waals surface area contributed by atoms with E-state index < -0.39 is 0 Å². The van der Waals surface area contributed by atoms with Crippen LogP contribution >= 0.6 is 0 Å². The van der Waals surface area contributed by atoms with Gasteiger partial charge in [0, 0.05) is 31.4 Å². The molecule has 1 aliphatic heterocycles. The lowest BCUT2D eigenvalue weighted by molar-refractivity contribution is 0.328. The molecule has 1 saturated heterocycles. The standard InChI is InChI=1S/C17H19FN2/c18-15-7-4-8-16(11-15)19-17-9-10-20(13-17)12-14-5-2-1-3-6-14/h1-8,11,17,19H,9-10,12-13H2/t17-/m0/s1. The first-order valence-corrected chi connectivity index (χ1v) is 7.08. The number of hydrogen-bond donors (Lipinski definition) is 1. The Morgan fingerprint density at radius 1 is 1.10 bits per heavy atom. The van der Waals surface area contributed by atoms with Crippen molar-refractivity contribution in [3.63, 3.8) is 0 Å². The molecule has 0 aliphatic carbocycles. The maximum Gasteiger partial charge on any atom is 0.125 e. The number of anilines is 1. The van der Waals surface area contributed by atoms with Crippen molar-refractivity contribution >= 4 is 5.69 Å². The van der Waals surface area contributed by atoms with E-state index in [0.717, 1.165) is 31.7 Å². The zero-order valence-electron chi connectivity index (χ0n) is 11.4. The quantitative estimate of drug-likeness (QED) is 0.914. The zero-order chi connectivity index (χ0) is 13.8. The molecule has 0 spiro atoms. The van der Waals surface area contributed by atoms with E-state index >= 15 is 0 Å². The lowest BCUT2D eigenvalue weighted by atomic mass is 10.2. The Hall–Kier alpha value is -1.87. The first kappa shape index (κ1) is 13.1. The summed E-state index contributed by atoms with van der Waals surface area (Å²) in [5.74, 6) is -0.186. The molecule has 0 bridgehead atoms. The van der Waals surface area contributed by atoms with Gasteiger partial charge in [0.25, 0.3) is 0 Å². The molecule has 1 fully saturated rings. The maximum atomic E-state index is 13.2. The molecule has 1 N–H and O–H groups in total. The molecule has 1 heterocycles. The van der Waals surface area contributed by atoms with Crippen molar-refractivity contribution in [2.24, 2.45) is 0 Å². The lowest BCUT2D eigenvalue weighted by Crippen LogP contribution is -2.25. The van der Waals surface area contributed by atoms with Crippen LogP contribution in [0.4, 0.5) is 10.1 Å². The monoisotopic (exact) mass is 270 g/mol. The van der Waals surface area contributed by atoms with E-state index in [0.29, 0.717) is 6.04 Å². The molecule has 3 heteroatoms. The van der Waals surface area contributed by atoms with Crippen LogP contribution in [0.25, 0.3) is 0 Å². The summed E-state index contributed by atoms with van der Waals surface area (Å²) in [5, 5.41) is 3.42. The molecule has 3 rings (SSSR count). The third-order valence-electron chi connectivity index (χ3n) is 3.72. The van der Waals surface area contributed by atoms with Crippen molar-refractivity contribution in [3.05, 3.63) is 66.0 Å². The molecule has 104 valence electrons. The van der Waals surface area contributed by atoms with E-state index in [1.165, 1.54) is 11.6 Å². The van der Waals surface area contributed by atoms with Gasteiger partial charge in [0.1, 0.15) is 5.82 Å². The fourth-order valence-corrected chi connectivity index (χ4v) is 2.75. The molecule has 0 radical (unpaired) electrons. The van der Waals surface area contributed by atoms with Crippen LogP contribution in [0.3, 0.4) is 0 Å². The van der Waals surface area contributed by atoms with Crippen LogP contribution in [0.15, 0.2) is 54.6 Å². The number of rotatable bonds is 4. The topological polar surface area (TPSA) is 15.3 Å². The molecule has 1 atom stereocenters. The third-order valence-corrected chi connectivity index (χ3v) is 3.72. The average molecular weight is 270 g/mol. The van der Waals surface area contributed by atoms with E-state index in [4.69, 9.17) is 0 Å². The Morgan fingerprint density at radius 2 is 1.95 bits per heavy atom. The molecule has 2 nitrogen and oxygen atoms in total. The molecular weight excluding hydrogens is 251 g/mol. The van der Waals surface area contributed by atoms with Gasteiger partial charge in [-0.05, 0) is 30.2 Å². The second-order valence-corrected chi connectivity index (χ2v) is 5.36. The maximum absolute atomic E-state index is 13.2. The van der Waals surface area contributed by atoms with Crippen molar-refractivity contribution in [1.82, 2.24) is 4.90 Å². The van der Waals surface area contributed by atoms with Gasteiger partial charge < -0.3 is 5.32 Å². The van der Waals surface area contributed by atoms with Crippen molar-refractivity contribution < 1.29 is 4.39 Å². The second kappa shape index (κ2) is 6.06. The van der Waals surface area contributed by atoms with Crippen LogP contribution in [0.5, 0.6) is 0 Å². The van der Waals surface area contributed by atoms with Gasteiger partial charge in [0.15, 0.2) is 0 Å². The first-order valence-electron chi connectivity index (χ1n) is 7.08. The largest absolute Gasteiger partial charge is 0.381 e. The van der Waals surface area contributed by atoms with Gasteiger partial charge in [-0.3, -0.25) is 4.90 Å². The Balaban J connectivity index is 1.54. The smallest absolute Gasteiger partial charge is 0.125 e. The van der Waals surface area contributed by atoms with Crippen molar-refractivity contribution in [2.45, 2.75) is 19.0 Å². The number of hydrogen-bond acceptors (Lipinski definition) is 2. The summed E-state index contributed by atoms with van der Waals surface area (Å²) < 4.78 is 13.2. The molecule has 0 saturated carbocycles.